The summed E-state index contributed by atoms with van der Waals surface area (Å²) < 4.78 is 0. The Morgan fingerprint density at radius 3 is 2.55 bits per heavy atom. The van der Waals surface area contributed by atoms with E-state index in [0.29, 0.717) is 12.0 Å². The molecule has 0 radical (unpaired) electrons. The summed E-state index contributed by atoms with van der Waals surface area (Å²) in [6.45, 7) is 7.92. The van der Waals surface area contributed by atoms with E-state index in [9.17, 15) is 0 Å². The van der Waals surface area contributed by atoms with Crippen LogP contribution in [0.25, 0.3) is 0 Å². The molecule has 1 heterocycles. The van der Waals surface area contributed by atoms with Crippen molar-refractivity contribution in [2.24, 2.45) is 5.92 Å². The quantitative estimate of drug-likeness (QED) is 0.804. The first kappa shape index (κ1) is 15.3. The highest BCUT2D eigenvalue weighted by molar-refractivity contribution is 5.54. The molecule has 1 aliphatic rings. The second-order valence-electron chi connectivity index (χ2n) is 6.07. The van der Waals surface area contributed by atoms with Crippen LogP contribution >= 0.6 is 0 Å². The van der Waals surface area contributed by atoms with Crippen molar-refractivity contribution in [2.75, 3.05) is 24.6 Å². The lowest BCUT2D eigenvalue weighted by atomic mass is 10.0. The predicted octanol–water partition coefficient (Wildman–Crippen LogP) is 2.78. The van der Waals surface area contributed by atoms with E-state index in [1.807, 2.05) is 0 Å². The van der Waals surface area contributed by atoms with Crippen LogP contribution < -0.4 is 10.2 Å². The van der Waals surface area contributed by atoms with Gasteiger partial charge in [-0.2, -0.15) is 0 Å². The Bertz CT molecular complexity index is 400. The highest BCUT2D eigenvalue weighted by Gasteiger charge is 2.17. The number of anilines is 1. The van der Waals surface area contributed by atoms with Crippen molar-refractivity contribution in [1.82, 2.24) is 5.32 Å². The van der Waals surface area contributed by atoms with Gasteiger partial charge >= 0.3 is 0 Å². The first-order valence-corrected chi connectivity index (χ1v) is 7.89. The highest BCUT2D eigenvalue weighted by Crippen LogP contribution is 2.24. The smallest absolute Gasteiger partial charge is 0.0445 e. The average molecular weight is 276 g/mol. The van der Waals surface area contributed by atoms with Gasteiger partial charge in [-0.15, -0.1) is 0 Å². The van der Waals surface area contributed by atoms with Crippen LogP contribution in [0, 0.1) is 5.92 Å². The first-order chi connectivity index (χ1) is 9.72. The molecule has 2 rings (SSSR count). The van der Waals surface area contributed by atoms with Crippen LogP contribution in [0.3, 0.4) is 0 Å². The van der Waals surface area contributed by atoms with Crippen molar-refractivity contribution >= 4 is 5.69 Å². The fraction of sp³-hybridized carbons (Fsp3) is 0.647. The van der Waals surface area contributed by atoms with Crippen LogP contribution in [0.1, 0.15) is 38.7 Å². The Balaban J connectivity index is 2.01. The van der Waals surface area contributed by atoms with Gasteiger partial charge in [-0.05, 0) is 36.8 Å². The second kappa shape index (κ2) is 7.65. The van der Waals surface area contributed by atoms with Crippen molar-refractivity contribution < 1.29 is 5.11 Å². The fourth-order valence-electron chi connectivity index (χ4n) is 2.98. The monoisotopic (exact) mass is 276 g/mol. The summed E-state index contributed by atoms with van der Waals surface area (Å²) in [5.74, 6) is 0.543. The molecule has 0 aromatic heterocycles. The summed E-state index contributed by atoms with van der Waals surface area (Å²) in [4.78, 5) is 2.49. The summed E-state index contributed by atoms with van der Waals surface area (Å²) in [5.41, 5.74) is 2.75. The lowest BCUT2D eigenvalue weighted by Crippen LogP contribution is -2.34. The molecule has 112 valence electrons. The van der Waals surface area contributed by atoms with Crippen molar-refractivity contribution in [2.45, 2.75) is 45.7 Å². The maximum atomic E-state index is 9.16. The molecule has 1 aliphatic heterocycles. The molecular formula is C17H28N2O. The van der Waals surface area contributed by atoms with E-state index in [1.54, 1.807) is 0 Å². The van der Waals surface area contributed by atoms with Gasteiger partial charge in [0.15, 0.2) is 0 Å². The summed E-state index contributed by atoms with van der Waals surface area (Å²) in [6, 6.07) is 9.08. The van der Waals surface area contributed by atoms with Gasteiger partial charge in [0.25, 0.3) is 0 Å². The van der Waals surface area contributed by atoms with E-state index in [1.165, 1.54) is 37.2 Å². The molecule has 3 nitrogen and oxygen atoms in total. The number of para-hydroxylation sites is 1. The standard InChI is InChI=1S/C17H28N2O/c1-14(2)16(9-12-20)18-13-15-7-3-4-8-17(15)19-10-5-6-11-19/h3-4,7-8,14,16,18,20H,5-6,9-13H2,1-2H3. The molecular weight excluding hydrogens is 248 g/mol. The molecule has 1 unspecified atom stereocenters. The van der Waals surface area contributed by atoms with Crippen LogP contribution in [-0.2, 0) is 6.54 Å². The number of hydrogen-bond acceptors (Lipinski definition) is 3. The van der Waals surface area contributed by atoms with Gasteiger partial charge in [0, 0.05) is 38.0 Å². The Hall–Kier alpha value is -1.06. The number of hydrogen-bond donors (Lipinski definition) is 2. The zero-order valence-electron chi connectivity index (χ0n) is 12.8. The molecule has 1 fully saturated rings. The fourth-order valence-corrected chi connectivity index (χ4v) is 2.98. The summed E-state index contributed by atoms with van der Waals surface area (Å²) in [7, 11) is 0. The van der Waals surface area contributed by atoms with Crippen molar-refractivity contribution in [1.29, 1.82) is 0 Å². The Morgan fingerprint density at radius 1 is 1.20 bits per heavy atom. The van der Waals surface area contributed by atoms with Gasteiger partial charge in [0.2, 0.25) is 0 Å². The van der Waals surface area contributed by atoms with E-state index >= 15 is 0 Å². The third-order valence-corrected chi connectivity index (χ3v) is 4.24. The van der Waals surface area contributed by atoms with Gasteiger partial charge in [0.05, 0.1) is 0 Å². The molecule has 20 heavy (non-hydrogen) atoms. The zero-order chi connectivity index (χ0) is 14.4. The highest BCUT2D eigenvalue weighted by atomic mass is 16.3. The van der Waals surface area contributed by atoms with Gasteiger partial charge in [-0.25, -0.2) is 0 Å². The van der Waals surface area contributed by atoms with E-state index in [-0.39, 0.29) is 6.61 Å². The molecule has 0 aliphatic carbocycles. The number of benzene rings is 1. The number of nitrogens with zero attached hydrogens (tertiary/aromatic N) is 1. The molecule has 0 amide bonds. The summed E-state index contributed by atoms with van der Waals surface area (Å²) >= 11 is 0. The molecule has 2 N–H and O–H groups in total. The third kappa shape index (κ3) is 3.97. The van der Waals surface area contributed by atoms with Gasteiger partial charge in [-0.3, -0.25) is 0 Å². The van der Waals surface area contributed by atoms with Crippen LogP contribution in [0.5, 0.6) is 0 Å². The Labute approximate surface area is 123 Å². The van der Waals surface area contributed by atoms with Gasteiger partial charge in [0.1, 0.15) is 0 Å². The first-order valence-electron chi connectivity index (χ1n) is 7.89. The van der Waals surface area contributed by atoms with E-state index in [2.05, 4.69) is 48.3 Å². The van der Waals surface area contributed by atoms with Crippen molar-refractivity contribution in [3.8, 4) is 0 Å². The average Bonchev–Trinajstić information content (AvgIpc) is 2.97. The lowest BCUT2D eigenvalue weighted by Gasteiger charge is -2.25. The largest absolute Gasteiger partial charge is 0.396 e. The predicted molar refractivity (Wildman–Crippen MR) is 85.1 cm³/mol. The molecule has 1 atom stereocenters. The van der Waals surface area contributed by atoms with Gasteiger partial charge < -0.3 is 15.3 Å². The number of rotatable bonds is 7. The second-order valence-corrected chi connectivity index (χ2v) is 6.07. The Morgan fingerprint density at radius 2 is 1.90 bits per heavy atom. The van der Waals surface area contributed by atoms with Crippen molar-refractivity contribution in [3.63, 3.8) is 0 Å². The van der Waals surface area contributed by atoms with Crippen LogP contribution in [-0.4, -0.2) is 30.8 Å². The maximum Gasteiger partial charge on any atom is 0.0445 e. The topological polar surface area (TPSA) is 35.5 Å². The minimum atomic E-state index is 0.254. The molecule has 3 heteroatoms. The summed E-state index contributed by atoms with van der Waals surface area (Å²) in [6.07, 6.45) is 3.44. The van der Waals surface area contributed by atoms with Gasteiger partial charge in [-0.1, -0.05) is 32.0 Å². The van der Waals surface area contributed by atoms with Crippen LogP contribution in [0.15, 0.2) is 24.3 Å². The van der Waals surface area contributed by atoms with Crippen LogP contribution in [0.2, 0.25) is 0 Å². The molecule has 0 saturated carbocycles. The SMILES string of the molecule is CC(C)C(CCO)NCc1ccccc1N1CCCC1. The van der Waals surface area contributed by atoms with E-state index in [0.717, 1.165) is 13.0 Å². The molecule has 0 bridgehead atoms. The maximum absolute atomic E-state index is 9.16. The minimum absolute atomic E-state index is 0.254. The summed E-state index contributed by atoms with van der Waals surface area (Å²) in [5, 5.41) is 12.8. The third-order valence-electron chi connectivity index (χ3n) is 4.24. The molecule has 1 saturated heterocycles. The normalized spacial score (nSPS) is 16.9. The molecule has 1 aromatic rings. The van der Waals surface area contributed by atoms with E-state index < -0.39 is 0 Å². The van der Waals surface area contributed by atoms with E-state index in [4.69, 9.17) is 5.11 Å². The number of aliphatic hydroxyl groups excluding tert-OH is 1. The number of nitrogens with one attached hydrogen (secondary N) is 1. The molecule has 0 spiro atoms. The minimum Gasteiger partial charge on any atom is -0.396 e. The number of aliphatic hydroxyl groups is 1. The van der Waals surface area contributed by atoms with Crippen LogP contribution in [0.4, 0.5) is 5.69 Å². The Kier molecular flexibility index (Phi) is 5.86. The van der Waals surface area contributed by atoms with Crippen molar-refractivity contribution in [3.05, 3.63) is 29.8 Å². The molecule has 1 aromatic carbocycles. The lowest BCUT2D eigenvalue weighted by molar-refractivity contribution is 0.244. The zero-order valence-corrected chi connectivity index (χ0v) is 12.8.